The molecule has 0 heterocycles. The van der Waals surface area contributed by atoms with Crippen molar-refractivity contribution in [1.29, 1.82) is 0 Å². The van der Waals surface area contributed by atoms with Crippen molar-refractivity contribution in [3.8, 4) is 11.8 Å². The van der Waals surface area contributed by atoms with Crippen molar-refractivity contribution in [2.75, 3.05) is 19.1 Å². The fourth-order valence-electron chi connectivity index (χ4n) is 2.04. The highest BCUT2D eigenvalue weighted by Crippen LogP contribution is 2.14. The van der Waals surface area contributed by atoms with E-state index in [9.17, 15) is 14.7 Å². The van der Waals surface area contributed by atoms with E-state index in [1.165, 1.54) is 12.0 Å². The van der Waals surface area contributed by atoms with E-state index in [0.29, 0.717) is 22.4 Å². The molecule has 0 aliphatic rings. The van der Waals surface area contributed by atoms with E-state index in [1.807, 2.05) is 0 Å². The zero-order valence-corrected chi connectivity index (χ0v) is 13.4. The number of aliphatic hydroxyl groups excluding tert-OH is 1. The van der Waals surface area contributed by atoms with Crippen LogP contribution in [0.25, 0.3) is 0 Å². The Labute approximate surface area is 140 Å². The van der Waals surface area contributed by atoms with Gasteiger partial charge >= 0.3 is 11.9 Å². The molecule has 0 saturated carbocycles. The lowest BCUT2D eigenvalue weighted by molar-refractivity contribution is -0.113. The number of hydrogen-bond acceptors (Lipinski definition) is 4. The molecule has 0 radical (unpaired) electrons. The molecule has 5 heteroatoms. The van der Waals surface area contributed by atoms with Gasteiger partial charge in [0.2, 0.25) is 0 Å². The molecule has 5 nitrogen and oxygen atoms in total. The zero-order valence-electron chi connectivity index (χ0n) is 13.4. The fraction of sp³-hybridized carbons (Fsp3) is 0.158. The molecule has 0 atom stereocenters. The number of esters is 1. The maximum Gasteiger partial charge on any atom is 0.337 e. The van der Waals surface area contributed by atoms with E-state index >= 15 is 0 Å². The molecule has 2 aromatic carbocycles. The van der Waals surface area contributed by atoms with Crippen LogP contribution in [-0.4, -0.2) is 31.1 Å². The lowest BCUT2D eigenvalue weighted by atomic mass is 10.1. The summed E-state index contributed by atoms with van der Waals surface area (Å²) in [5.41, 5.74) is 2.30. The minimum Gasteiger partial charge on any atom is -0.465 e. The predicted molar refractivity (Wildman–Crippen MR) is 90.4 cm³/mol. The molecule has 1 N–H and O–H groups in total. The smallest absolute Gasteiger partial charge is 0.337 e. The van der Waals surface area contributed by atoms with Crippen LogP contribution in [0.1, 0.15) is 21.5 Å². The highest BCUT2D eigenvalue weighted by Gasteiger charge is 2.10. The number of nitrogens with zero attached hydrogens (tertiary/aromatic N) is 1. The molecule has 0 fully saturated rings. The van der Waals surface area contributed by atoms with Crippen molar-refractivity contribution in [3.05, 3.63) is 65.2 Å². The Hall–Kier alpha value is -3.10. The summed E-state index contributed by atoms with van der Waals surface area (Å²) in [7, 11) is 2.91. The first-order chi connectivity index (χ1) is 11.6. The summed E-state index contributed by atoms with van der Waals surface area (Å²) in [5, 5.41) is 9.26. The number of amides is 1. The Balaban J connectivity index is 2.16. The van der Waals surface area contributed by atoms with Gasteiger partial charge in [0.15, 0.2) is 0 Å². The molecule has 0 aliphatic carbocycles. The van der Waals surface area contributed by atoms with Crippen molar-refractivity contribution in [3.63, 3.8) is 0 Å². The summed E-state index contributed by atoms with van der Waals surface area (Å²) >= 11 is 0. The molecule has 0 unspecified atom stereocenters. The van der Waals surface area contributed by atoms with Crippen LogP contribution in [0.15, 0.2) is 48.5 Å². The number of carbonyl (C=O) groups excluding carboxylic acids is 2. The van der Waals surface area contributed by atoms with Gasteiger partial charge in [-0.1, -0.05) is 24.1 Å². The van der Waals surface area contributed by atoms with Crippen LogP contribution in [0, 0.1) is 11.8 Å². The van der Waals surface area contributed by atoms with Crippen molar-refractivity contribution in [2.45, 2.75) is 6.61 Å². The maximum absolute atomic E-state index is 12.2. The van der Waals surface area contributed by atoms with Crippen LogP contribution in [0.2, 0.25) is 0 Å². The van der Waals surface area contributed by atoms with E-state index in [0.717, 1.165) is 0 Å². The van der Waals surface area contributed by atoms with Gasteiger partial charge in [0.25, 0.3) is 0 Å². The number of ether oxygens (including phenoxy) is 1. The maximum atomic E-state index is 12.2. The largest absolute Gasteiger partial charge is 0.465 e. The molecule has 0 aromatic heterocycles. The first-order valence-electron chi connectivity index (χ1n) is 7.23. The van der Waals surface area contributed by atoms with Crippen molar-refractivity contribution >= 4 is 17.6 Å². The minimum atomic E-state index is -0.434. The number of aliphatic hydroxyl groups is 1. The minimum absolute atomic E-state index is 0.135. The quantitative estimate of drug-likeness (QED) is 0.693. The molecule has 2 aromatic rings. The SMILES string of the molecule is COC(=O)c1ccc(N(C)C(=O)C#Cc2ccccc2CO)cc1. The van der Waals surface area contributed by atoms with Crippen molar-refractivity contribution < 1.29 is 19.4 Å². The van der Waals surface area contributed by atoms with Gasteiger partial charge in [-0.2, -0.15) is 0 Å². The second-order valence-electron chi connectivity index (χ2n) is 4.97. The molecule has 0 aliphatic heterocycles. The van der Waals surface area contributed by atoms with Crippen LogP contribution in [0.3, 0.4) is 0 Å². The van der Waals surface area contributed by atoms with Gasteiger partial charge in [0.1, 0.15) is 0 Å². The van der Waals surface area contributed by atoms with Gasteiger partial charge < -0.3 is 14.7 Å². The van der Waals surface area contributed by atoms with E-state index in [4.69, 9.17) is 0 Å². The number of hydrogen-bond donors (Lipinski definition) is 1. The lowest BCUT2D eigenvalue weighted by Gasteiger charge is -2.14. The first-order valence-corrected chi connectivity index (χ1v) is 7.23. The summed E-state index contributed by atoms with van der Waals surface area (Å²) < 4.78 is 4.63. The van der Waals surface area contributed by atoms with Crippen LogP contribution in [0.5, 0.6) is 0 Å². The van der Waals surface area contributed by atoms with E-state index < -0.39 is 11.9 Å². The number of carbonyl (C=O) groups is 2. The van der Waals surface area contributed by atoms with Crippen molar-refractivity contribution in [1.82, 2.24) is 0 Å². The second kappa shape index (κ2) is 7.95. The number of anilines is 1. The monoisotopic (exact) mass is 323 g/mol. The average Bonchev–Trinajstić information content (AvgIpc) is 2.65. The lowest BCUT2D eigenvalue weighted by Crippen LogP contribution is -2.24. The molecule has 122 valence electrons. The second-order valence-corrected chi connectivity index (χ2v) is 4.97. The van der Waals surface area contributed by atoms with E-state index in [1.54, 1.807) is 55.6 Å². The van der Waals surface area contributed by atoms with E-state index in [2.05, 4.69) is 16.6 Å². The fourth-order valence-corrected chi connectivity index (χ4v) is 2.04. The molecule has 2 rings (SSSR count). The molecular formula is C19H17NO4. The molecular weight excluding hydrogens is 306 g/mol. The Morgan fingerprint density at radius 2 is 1.79 bits per heavy atom. The predicted octanol–water partition coefficient (Wildman–Crippen LogP) is 1.98. The molecule has 0 spiro atoms. The summed E-state index contributed by atoms with van der Waals surface area (Å²) in [6.07, 6.45) is 0. The van der Waals surface area contributed by atoms with Gasteiger partial charge in [-0.05, 0) is 35.9 Å². The third-order valence-corrected chi connectivity index (χ3v) is 3.47. The highest BCUT2D eigenvalue weighted by atomic mass is 16.5. The highest BCUT2D eigenvalue weighted by molar-refractivity contribution is 6.06. The Bertz CT molecular complexity index is 800. The third-order valence-electron chi connectivity index (χ3n) is 3.47. The summed E-state index contributed by atoms with van der Waals surface area (Å²) in [6.45, 7) is -0.135. The summed E-state index contributed by atoms with van der Waals surface area (Å²) in [5.74, 6) is 4.50. The summed E-state index contributed by atoms with van der Waals surface area (Å²) in [6, 6.07) is 13.6. The standard InChI is InChI=1S/C19H17NO4/c1-20(17-10-7-15(8-11-17)19(23)24-2)18(22)12-9-14-5-3-4-6-16(14)13-21/h3-8,10-11,21H,13H2,1-2H3. The van der Waals surface area contributed by atoms with Crippen LogP contribution in [-0.2, 0) is 16.1 Å². The van der Waals surface area contributed by atoms with Gasteiger partial charge in [0, 0.05) is 24.2 Å². The molecule has 0 saturated heterocycles. The van der Waals surface area contributed by atoms with Crippen LogP contribution >= 0.6 is 0 Å². The third kappa shape index (κ3) is 4.00. The Morgan fingerprint density at radius 3 is 2.42 bits per heavy atom. The first kappa shape index (κ1) is 17.3. The van der Waals surface area contributed by atoms with Gasteiger partial charge in [-0.3, -0.25) is 4.79 Å². The normalized spacial score (nSPS) is 9.62. The Morgan fingerprint density at radius 1 is 1.12 bits per heavy atom. The Kier molecular flexibility index (Phi) is 5.72. The number of benzene rings is 2. The molecule has 24 heavy (non-hydrogen) atoms. The zero-order chi connectivity index (χ0) is 17.5. The van der Waals surface area contributed by atoms with E-state index in [-0.39, 0.29) is 6.61 Å². The topological polar surface area (TPSA) is 66.8 Å². The van der Waals surface area contributed by atoms with Crippen molar-refractivity contribution in [2.24, 2.45) is 0 Å². The van der Waals surface area contributed by atoms with Crippen LogP contribution in [0.4, 0.5) is 5.69 Å². The molecule has 0 bridgehead atoms. The van der Waals surface area contributed by atoms with Gasteiger partial charge in [0.05, 0.1) is 19.3 Å². The average molecular weight is 323 g/mol. The van der Waals surface area contributed by atoms with Gasteiger partial charge in [-0.15, -0.1) is 0 Å². The summed E-state index contributed by atoms with van der Waals surface area (Å²) in [4.78, 5) is 25.0. The number of rotatable bonds is 3. The molecule has 1 amide bonds. The number of methoxy groups -OCH3 is 1. The van der Waals surface area contributed by atoms with Crippen LogP contribution < -0.4 is 4.90 Å². The van der Waals surface area contributed by atoms with Gasteiger partial charge in [-0.25, -0.2) is 4.79 Å².